The number of nitro groups is 1. The number of hydrogen-bond donors (Lipinski definition) is 1. The molecule has 0 bridgehead atoms. The summed E-state index contributed by atoms with van der Waals surface area (Å²) in [6, 6.07) is 1.47. The van der Waals surface area contributed by atoms with Crippen LogP contribution in [0, 0.1) is 10.1 Å². The van der Waals surface area contributed by atoms with Crippen LogP contribution in [0.4, 0.5) is 11.5 Å². The molecule has 1 aliphatic rings. The average molecular weight is 278 g/mol. The number of nitrogens with zero attached hydrogens (tertiary/aromatic N) is 3. The highest BCUT2D eigenvalue weighted by Crippen LogP contribution is 2.25. The van der Waals surface area contributed by atoms with Crippen molar-refractivity contribution in [2.75, 3.05) is 18.4 Å². The van der Waals surface area contributed by atoms with Gasteiger partial charge in [0.1, 0.15) is 12.0 Å². The van der Waals surface area contributed by atoms with E-state index < -0.39 is 4.92 Å². The van der Waals surface area contributed by atoms with Crippen LogP contribution in [0.5, 0.6) is 0 Å². The van der Waals surface area contributed by atoms with Gasteiger partial charge in [-0.15, -0.1) is 0 Å². The molecule has 0 saturated carbocycles. The summed E-state index contributed by atoms with van der Waals surface area (Å²) >= 11 is 0. The van der Waals surface area contributed by atoms with E-state index in [0.717, 1.165) is 12.8 Å². The summed E-state index contributed by atoms with van der Waals surface area (Å²) in [6.07, 6.45) is 3.10. The van der Waals surface area contributed by atoms with Crippen LogP contribution < -0.4 is 5.32 Å². The molecule has 2 heterocycles. The number of hydrogen-bond acceptors (Lipinski definition) is 5. The minimum atomic E-state index is -0.535. The molecule has 1 atom stereocenters. The van der Waals surface area contributed by atoms with E-state index in [9.17, 15) is 14.9 Å². The van der Waals surface area contributed by atoms with E-state index in [1.807, 2.05) is 13.8 Å². The number of nitrogens with one attached hydrogen (secondary N) is 1. The molecular formula is C13H18N4O3. The second kappa shape index (κ2) is 5.85. The van der Waals surface area contributed by atoms with Gasteiger partial charge in [0.15, 0.2) is 0 Å². The summed E-state index contributed by atoms with van der Waals surface area (Å²) in [7, 11) is 0. The monoisotopic (exact) mass is 278 g/mol. The zero-order chi connectivity index (χ0) is 14.7. The maximum Gasteiger partial charge on any atom is 0.288 e. The number of amides is 1. The Morgan fingerprint density at radius 1 is 1.65 bits per heavy atom. The van der Waals surface area contributed by atoms with Crippen LogP contribution in [-0.2, 0) is 0 Å². The van der Waals surface area contributed by atoms with Crippen molar-refractivity contribution in [1.82, 2.24) is 9.88 Å². The molecule has 7 heteroatoms. The summed E-state index contributed by atoms with van der Waals surface area (Å²) in [5.74, 6) is 0.212. The van der Waals surface area contributed by atoms with E-state index in [-0.39, 0.29) is 23.2 Å². The van der Waals surface area contributed by atoms with Gasteiger partial charge in [0.25, 0.3) is 11.6 Å². The highest BCUT2D eigenvalue weighted by molar-refractivity contribution is 5.99. The molecule has 1 fully saturated rings. The number of pyridine rings is 1. The van der Waals surface area contributed by atoms with Crippen molar-refractivity contribution >= 4 is 17.4 Å². The van der Waals surface area contributed by atoms with Gasteiger partial charge in [0.05, 0.1) is 10.5 Å². The first-order valence-electron chi connectivity index (χ1n) is 6.74. The predicted molar refractivity (Wildman–Crippen MR) is 74.8 cm³/mol. The number of rotatable bonds is 4. The average Bonchev–Trinajstić information content (AvgIpc) is 2.84. The second-order valence-corrected chi connectivity index (χ2v) is 4.87. The van der Waals surface area contributed by atoms with E-state index in [1.54, 1.807) is 4.90 Å². The molecule has 20 heavy (non-hydrogen) atoms. The molecule has 0 radical (unpaired) electrons. The molecular weight excluding hydrogens is 260 g/mol. The zero-order valence-electron chi connectivity index (χ0n) is 11.6. The van der Waals surface area contributed by atoms with E-state index in [2.05, 4.69) is 10.3 Å². The van der Waals surface area contributed by atoms with Crippen LogP contribution in [-0.4, -0.2) is 39.8 Å². The molecule has 0 aromatic carbocycles. The molecule has 2 rings (SSSR count). The van der Waals surface area contributed by atoms with Crippen molar-refractivity contribution in [2.45, 2.75) is 32.7 Å². The number of aromatic nitrogens is 1. The van der Waals surface area contributed by atoms with Gasteiger partial charge in [0.2, 0.25) is 0 Å². The fraction of sp³-hybridized carbons (Fsp3) is 0.538. The van der Waals surface area contributed by atoms with E-state index in [0.29, 0.717) is 18.9 Å². The lowest BCUT2D eigenvalue weighted by Crippen LogP contribution is -2.34. The van der Waals surface area contributed by atoms with Gasteiger partial charge >= 0.3 is 0 Å². The Labute approximate surface area is 117 Å². The fourth-order valence-corrected chi connectivity index (χ4v) is 2.41. The van der Waals surface area contributed by atoms with E-state index in [1.165, 1.54) is 12.3 Å². The number of carbonyl (C=O) groups is 1. The normalized spacial score (nSPS) is 18.1. The fourth-order valence-electron chi connectivity index (χ4n) is 2.41. The Bertz CT molecular complexity index is 532. The lowest BCUT2D eigenvalue weighted by atomic mass is 10.2. The van der Waals surface area contributed by atoms with Crippen molar-refractivity contribution < 1.29 is 9.72 Å². The molecule has 7 nitrogen and oxygen atoms in total. The highest BCUT2D eigenvalue weighted by Gasteiger charge is 2.29. The first-order chi connectivity index (χ1) is 9.54. The van der Waals surface area contributed by atoms with Crippen molar-refractivity contribution in [3.63, 3.8) is 0 Å². The minimum Gasteiger partial charge on any atom is -0.370 e. The van der Waals surface area contributed by atoms with Crippen LogP contribution >= 0.6 is 0 Å². The lowest BCUT2D eigenvalue weighted by Gasteiger charge is -2.22. The van der Waals surface area contributed by atoms with Gasteiger partial charge < -0.3 is 10.2 Å². The van der Waals surface area contributed by atoms with Crippen LogP contribution in [0.2, 0.25) is 0 Å². The molecule has 1 aromatic heterocycles. The van der Waals surface area contributed by atoms with Crippen LogP contribution in [0.3, 0.4) is 0 Å². The number of carbonyl (C=O) groups excluding carboxylic acids is 1. The Morgan fingerprint density at radius 3 is 2.95 bits per heavy atom. The number of anilines is 1. The smallest absolute Gasteiger partial charge is 0.288 e. The summed E-state index contributed by atoms with van der Waals surface area (Å²) in [6.45, 7) is 5.16. The summed E-state index contributed by atoms with van der Waals surface area (Å²) < 4.78 is 0. The Hall–Kier alpha value is -2.18. The first-order valence-corrected chi connectivity index (χ1v) is 6.74. The molecule has 1 N–H and O–H groups in total. The predicted octanol–water partition coefficient (Wildman–Crippen LogP) is 2.05. The third-order valence-corrected chi connectivity index (χ3v) is 3.47. The van der Waals surface area contributed by atoms with Gasteiger partial charge in [-0.25, -0.2) is 4.98 Å². The summed E-state index contributed by atoms with van der Waals surface area (Å²) in [4.78, 5) is 28.6. The Balaban J connectivity index is 2.38. The van der Waals surface area contributed by atoms with E-state index in [4.69, 9.17) is 0 Å². The molecule has 1 saturated heterocycles. The maximum absolute atomic E-state index is 12.6. The largest absolute Gasteiger partial charge is 0.370 e. The van der Waals surface area contributed by atoms with Crippen LogP contribution in [0.15, 0.2) is 12.3 Å². The van der Waals surface area contributed by atoms with Crippen LogP contribution in [0.25, 0.3) is 0 Å². The van der Waals surface area contributed by atoms with E-state index >= 15 is 0 Å². The maximum atomic E-state index is 12.6. The third-order valence-electron chi connectivity index (χ3n) is 3.47. The van der Waals surface area contributed by atoms with Gasteiger partial charge in [-0.2, -0.15) is 0 Å². The van der Waals surface area contributed by atoms with Crippen molar-refractivity contribution in [3.8, 4) is 0 Å². The van der Waals surface area contributed by atoms with Gasteiger partial charge in [0, 0.05) is 25.2 Å². The number of likely N-dealkylation sites (tertiary alicyclic amines) is 1. The van der Waals surface area contributed by atoms with Gasteiger partial charge in [-0.3, -0.25) is 14.9 Å². The standard InChI is InChI=1S/C13H18N4O3/c1-3-14-12-11(7-10(8-15-12)17(19)20)13(18)16-6-4-5-9(16)2/h7-9H,3-6H2,1-2H3,(H,14,15). The SMILES string of the molecule is CCNc1ncc([N+](=O)[O-])cc1C(=O)N1CCCC1C. The molecule has 1 unspecified atom stereocenters. The minimum absolute atomic E-state index is 0.163. The molecule has 108 valence electrons. The highest BCUT2D eigenvalue weighted by atomic mass is 16.6. The van der Waals surface area contributed by atoms with Crippen LogP contribution in [0.1, 0.15) is 37.0 Å². The second-order valence-electron chi connectivity index (χ2n) is 4.87. The topological polar surface area (TPSA) is 88.4 Å². The third kappa shape index (κ3) is 2.71. The molecule has 0 spiro atoms. The van der Waals surface area contributed by atoms with Gasteiger partial charge in [-0.1, -0.05) is 0 Å². The molecule has 1 aliphatic heterocycles. The summed E-state index contributed by atoms with van der Waals surface area (Å²) in [5, 5.41) is 13.8. The molecule has 1 amide bonds. The molecule has 0 aliphatic carbocycles. The summed E-state index contributed by atoms with van der Waals surface area (Å²) in [5.41, 5.74) is 0.108. The quantitative estimate of drug-likeness (QED) is 0.672. The lowest BCUT2D eigenvalue weighted by molar-refractivity contribution is -0.385. The Kier molecular flexibility index (Phi) is 4.16. The van der Waals surface area contributed by atoms with Crippen molar-refractivity contribution in [2.24, 2.45) is 0 Å². The van der Waals surface area contributed by atoms with Crippen molar-refractivity contribution in [3.05, 3.63) is 27.9 Å². The first kappa shape index (κ1) is 14.2. The van der Waals surface area contributed by atoms with Gasteiger partial charge in [-0.05, 0) is 26.7 Å². The molecule has 1 aromatic rings. The Morgan fingerprint density at radius 2 is 2.40 bits per heavy atom. The van der Waals surface area contributed by atoms with Crippen molar-refractivity contribution in [1.29, 1.82) is 0 Å². The zero-order valence-corrected chi connectivity index (χ0v) is 11.6.